The van der Waals surface area contributed by atoms with Crippen molar-refractivity contribution in [1.29, 1.82) is 0 Å². The van der Waals surface area contributed by atoms with E-state index in [-0.39, 0.29) is 23.2 Å². The van der Waals surface area contributed by atoms with Gasteiger partial charge in [0.2, 0.25) is 10.7 Å². The molecule has 35 heavy (non-hydrogen) atoms. The fourth-order valence-electron chi connectivity index (χ4n) is 3.38. The van der Waals surface area contributed by atoms with Crippen LogP contribution in [0.5, 0.6) is 17.4 Å². The molecule has 0 radical (unpaired) electrons. The van der Waals surface area contributed by atoms with Gasteiger partial charge in [0.25, 0.3) is 5.91 Å². The highest BCUT2D eigenvalue weighted by molar-refractivity contribution is 7.71. The lowest BCUT2D eigenvalue weighted by Gasteiger charge is -2.08. The maximum Gasteiger partial charge on any atom is 0.272 e. The standard InChI is InChI=1S/C26H19N5O3S/c32-24(31-25(29-30-26(31)35)19-7-3-1-4-8-19)17-33-23-16-15-22(27-28-23)18-11-13-21(14-12-18)34-20-9-5-2-6-10-20/h1-16H,17H2,(H,30,35). The Hall–Kier alpha value is -4.63. The first-order valence-electron chi connectivity index (χ1n) is 10.7. The van der Waals surface area contributed by atoms with Gasteiger partial charge in [0.1, 0.15) is 11.5 Å². The molecule has 5 rings (SSSR count). The molecule has 0 saturated carbocycles. The van der Waals surface area contributed by atoms with Gasteiger partial charge in [-0.25, -0.2) is 4.57 Å². The maximum absolute atomic E-state index is 12.8. The number of aromatic nitrogens is 5. The Kier molecular flexibility index (Phi) is 6.40. The molecule has 0 atom stereocenters. The molecular weight excluding hydrogens is 462 g/mol. The number of benzene rings is 3. The van der Waals surface area contributed by atoms with Crippen LogP contribution < -0.4 is 9.47 Å². The van der Waals surface area contributed by atoms with Crippen LogP contribution in [-0.4, -0.2) is 37.5 Å². The number of nitrogens with zero attached hydrogens (tertiary/aromatic N) is 4. The average molecular weight is 482 g/mol. The van der Waals surface area contributed by atoms with Gasteiger partial charge >= 0.3 is 0 Å². The molecule has 0 aliphatic carbocycles. The third-order valence-corrected chi connectivity index (χ3v) is 5.34. The Balaban J connectivity index is 1.23. The molecule has 3 aromatic carbocycles. The summed E-state index contributed by atoms with van der Waals surface area (Å²) in [6, 6.07) is 29.8. The van der Waals surface area contributed by atoms with Crippen LogP contribution in [0, 0.1) is 4.77 Å². The van der Waals surface area contributed by atoms with Gasteiger partial charge in [0, 0.05) is 17.2 Å². The molecule has 0 aliphatic heterocycles. The normalized spacial score (nSPS) is 10.6. The molecule has 5 aromatic rings. The lowest BCUT2D eigenvalue weighted by molar-refractivity contribution is 0.0833. The Morgan fingerprint density at radius 1 is 0.800 bits per heavy atom. The number of nitrogens with one attached hydrogen (secondary N) is 1. The van der Waals surface area contributed by atoms with Crippen molar-refractivity contribution in [3.63, 3.8) is 0 Å². The summed E-state index contributed by atoms with van der Waals surface area (Å²) in [6.45, 7) is -0.271. The van der Waals surface area contributed by atoms with Crippen LogP contribution in [0.3, 0.4) is 0 Å². The van der Waals surface area contributed by atoms with Gasteiger partial charge < -0.3 is 9.47 Å². The molecule has 2 aromatic heterocycles. The van der Waals surface area contributed by atoms with E-state index in [4.69, 9.17) is 21.7 Å². The second-order valence-electron chi connectivity index (χ2n) is 7.43. The van der Waals surface area contributed by atoms with E-state index in [0.29, 0.717) is 11.5 Å². The number of hydrogen-bond donors (Lipinski definition) is 1. The number of para-hydroxylation sites is 1. The second-order valence-corrected chi connectivity index (χ2v) is 7.82. The Morgan fingerprint density at radius 3 is 2.17 bits per heavy atom. The predicted molar refractivity (Wildman–Crippen MR) is 133 cm³/mol. The third-order valence-electron chi connectivity index (χ3n) is 5.07. The zero-order valence-corrected chi connectivity index (χ0v) is 19.2. The van der Waals surface area contributed by atoms with E-state index in [2.05, 4.69) is 20.4 Å². The number of aromatic amines is 1. The Morgan fingerprint density at radius 2 is 1.49 bits per heavy atom. The van der Waals surface area contributed by atoms with Crippen LogP contribution in [0.4, 0.5) is 0 Å². The number of rotatable bonds is 7. The molecule has 0 saturated heterocycles. The molecule has 0 spiro atoms. The minimum absolute atomic E-state index is 0.193. The van der Waals surface area contributed by atoms with Gasteiger partial charge in [0.05, 0.1) is 5.69 Å². The third kappa shape index (κ3) is 5.15. The van der Waals surface area contributed by atoms with E-state index in [1.165, 1.54) is 4.57 Å². The van der Waals surface area contributed by atoms with E-state index >= 15 is 0 Å². The minimum atomic E-state index is -0.373. The van der Waals surface area contributed by atoms with Crippen molar-refractivity contribution < 1.29 is 14.3 Å². The summed E-state index contributed by atoms with van der Waals surface area (Å²) in [5.41, 5.74) is 2.30. The monoisotopic (exact) mass is 481 g/mol. The first kappa shape index (κ1) is 22.2. The van der Waals surface area contributed by atoms with Crippen molar-refractivity contribution in [2.24, 2.45) is 0 Å². The van der Waals surface area contributed by atoms with E-state index in [9.17, 15) is 4.79 Å². The van der Waals surface area contributed by atoms with Crippen LogP contribution >= 0.6 is 12.2 Å². The van der Waals surface area contributed by atoms with Gasteiger partial charge in [-0.1, -0.05) is 48.5 Å². The van der Waals surface area contributed by atoms with E-state index in [1.807, 2.05) is 84.9 Å². The summed E-state index contributed by atoms with van der Waals surface area (Å²) in [5, 5.41) is 15.1. The average Bonchev–Trinajstić information content (AvgIpc) is 3.30. The van der Waals surface area contributed by atoms with Gasteiger partial charge in [-0.3, -0.25) is 9.89 Å². The second kappa shape index (κ2) is 10.1. The molecule has 1 N–H and O–H groups in total. The van der Waals surface area contributed by atoms with Gasteiger partial charge in [-0.2, -0.15) is 5.10 Å². The molecule has 2 heterocycles. The fourth-order valence-corrected chi connectivity index (χ4v) is 3.61. The van der Waals surface area contributed by atoms with Crippen molar-refractivity contribution in [2.75, 3.05) is 6.61 Å². The predicted octanol–water partition coefficient (Wildman–Crippen LogP) is 5.58. The Bertz CT molecular complexity index is 1480. The van der Waals surface area contributed by atoms with E-state index in [0.717, 1.165) is 22.6 Å². The summed E-state index contributed by atoms with van der Waals surface area (Å²) >= 11 is 5.23. The zero-order valence-electron chi connectivity index (χ0n) is 18.4. The number of ether oxygens (including phenoxy) is 2. The first-order chi connectivity index (χ1) is 17.2. The van der Waals surface area contributed by atoms with Crippen molar-refractivity contribution in [3.05, 3.63) is 102 Å². The number of H-pyrrole nitrogens is 1. The SMILES string of the molecule is O=C(COc1ccc(-c2ccc(Oc3ccccc3)cc2)nn1)n1c(-c2ccccc2)n[nH]c1=S. The molecule has 0 bridgehead atoms. The molecule has 0 aliphatic rings. The van der Waals surface area contributed by atoms with E-state index < -0.39 is 0 Å². The largest absolute Gasteiger partial charge is 0.466 e. The summed E-state index contributed by atoms with van der Waals surface area (Å²) in [6.07, 6.45) is 0. The smallest absolute Gasteiger partial charge is 0.272 e. The van der Waals surface area contributed by atoms with Crippen molar-refractivity contribution in [3.8, 4) is 40.0 Å². The zero-order chi connectivity index (χ0) is 24.0. The summed E-state index contributed by atoms with van der Waals surface area (Å²) in [7, 11) is 0. The Labute approximate surface area is 205 Å². The topological polar surface area (TPSA) is 94.9 Å². The highest BCUT2D eigenvalue weighted by Crippen LogP contribution is 2.25. The molecule has 9 heteroatoms. The van der Waals surface area contributed by atoms with Crippen molar-refractivity contribution >= 4 is 18.1 Å². The molecule has 172 valence electrons. The van der Waals surface area contributed by atoms with Crippen molar-refractivity contribution in [2.45, 2.75) is 0 Å². The highest BCUT2D eigenvalue weighted by atomic mass is 32.1. The maximum atomic E-state index is 12.8. The van der Waals surface area contributed by atoms with Crippen LogP contribution in [0.15, 0.2) is 97.1 Å². The van der Waals surface area contributed by atoms with E-state index in [1.54, 1.807) is 12.1 Å². The van der Waals surface area contributed by atoms with Gasteiger partial charge in [0.15, 0.2) is 12.4 Å². The van der Waals surface area contributed by atoms with Crippen LogP contribution in [0.2, 0.25) is 0 Å². The highest BCUT2D eigenvalue weighted by Gasteiger charge is 2.16. The minimum Gasteiger partial charge on any atom is -0.466 e. The number of carbonyl (C=O) groups is 1. The van der Waals surface area contributed by atoms with Crippen LogP contribution in [-0.2, 0) is 0 Å². The molecule has 0 fully saturated rings. The molecule has 8 nitrogen and oxygen atoms in total. The molecular formula is C26H19N5O3S. The van der Waals surface area contributed by atoms with Crippen LogP contribution in [0.1, 0.15) is 4.79 Å². The fraction of sp³-hybridized carbons (Fsp3) is 0.0385. The summed E-state index contributed by atoms with van der Waals surface area (Å²) in [5.74, 6) is 1.76. The quantitative estimate of drug-likeness (QED) is 0.303. The van der Waals surface area contributed by atoms with Gasteiger partial charge in [-0.05, 0) is 54.7 Å². The van der Waals surface area contributed by atoms with Crippen LogP contribution in [0.25, 0.3) is 22.6 Å². The van der Waals surface area contributed by atoms with Gasteiger partial charge in [-0.15, -0.1) is 10.2 Å². The first-order valence-corrected chi connectivity index (χ1v) is 11.1. The summed E-state index contributed by atoms with van der Waals surface area (Å²) < 4.78 is 12.9. The lowest BCUT2D eigenvalue weighted by Crippen LogP contribution is -2.21. The molecule has 0 amide bonds. The number of carbonyl (C=O) groups excluding carboxylic acids is 1. The summed E-state index contributed by atoms with van der Waals surface area (Å²) in [4.78, 5) is 12.8. The van der Waals surface area contributed by atoms with Crippen molar-refractivity contribution in [1.82, 2.24) is 25.0 Å². The lowest BCUT2D eigenvalue weighted by atomic mass is 10.1. The molecule has 0 unspecified atom stereocenters. The number of hydrogen-bond acceptors (Lipinski definition) is 7.